The Bertz CT molecular complexity index is 1360. The summed E-state index contributed by atoms with van der Waals surface area (Å²) in [6.07, 6.45) is 3.56. The molecule has 1 spiro atoms. The predicted octanol–water partition coefficient (Wildman–Crippen LogP) is 3.36. The largest absolute Gasteiger partial charge is 0.378 e. The third-order valence-electron chi connectivity index (χ3n) is 7.76. The van der Waals surface area contributed by atoms with E-state index >= 15 is 0 Å². The van der Waals surface area contributed by atoms with Crippen LogP contribution >= 0.6 is 11.3 Å². The molecule has 8 heteroatoms. The Kier molecular flexibility index (Phi) is 4.42. The van der Waals surface area contributed by atoms with E-state index in [0.717, 1.165) is 43.0 Å². The van der Waals surface area contributed by atoms with Gasteiger partial charge in [-0.25, -0.2) is 0 Å². The molecule has 0 unspecified atom stereocenters. The van der Waals surface area contributed by atoms with Gasteiger partial charge in [0.15, 0.2) is 5.82 Å². The van der Waals surface area contributed by atoms with E-state index in [1.807, 2.05) is 11.8 Å². The van der Waals surface area contributed by atoms with Crippen LogP contribution in [0.25, 0.3) is 5.00 Å². The summed E-state index contributed by atoms with van der Waals surface area (Å²) >= 11 is 1.81. The second kappa shape index (κ2) is 7.33. The fourth-order valence-corrected chi connectivity index (χ4v) is 7.21. The van der Waals surface area contributed by atoms with E-state index in [-0.39, 0.29) is 17.4 Å². The minimum Gasteiger partial charge on any atom is -0.378 e. The number of benzene rings is 1. The minimum atomic E-state index is -0.286. The van der Waals surface area contributed by atoms with Crippen molar-refractivity contribution in [1.29, 1.82) is 0 Å². The number of hydrogen-bond donors (Lipinski definition) is 0. The van der Waals surface area contributed by atoms with Gasteiger partial charge < -0.3 is 9.64 Å². The van der Waals surface area contributed by atoms with Gasteiger partial charge >= 0.3 is 0 Å². The van der Waals surface area contributed by atoms with Crippen molar-refractivity contribution < 1.29 is 9.53 Å². The van der Waals surface area contributed by atoms with Crippen molar-refractivity contribution in [3.8, 4) is 5.00 Å². The monoisotopic (exact) mass is 473 g/mol. The number of carbonyl (C=O) groups is 1. The highest BCUT2D eigenvalue weighted by molar-refractivity contribution is 7.15. The standard InChI is InChI=1S/C26H27N5O2S/c1-15-5-3-4-6-18(15)22-21-19-13-17(23(32)30-9-11-33-12-10-30)14-20(19)34-24(21)31-16(2)28-29-25(31)26(27-22)7-8-26/h3-6,17H,7-14H2,1-2H3/t17-/m0/s1. The molecule has 34 heavy (non-hydrogen) atoms. The minimum absolute atomic E-state index is 0.00221. The number of aryl methyl sites for hydroxylation is 2. The van der Waals surface area contributed by atoms with Crippen molar-refractivity contribution in [2.45, 2.75) is 45.1 Å². The Balaban J connectivity index is 1.38. The Morgan fingerprint density at radius 2 is 1.91 bits per heavy atom. The SMILES string of the molecule is Cc1ccccc1C1=NC2(CC2)c2nnc(C)n2-c2sc3c(c21)C[C@H](C(=O)N1CCOCC1)C3. The van der Waals surface area contributed by atoms with Crippen molar-refractivity contribution in [1.82, 2.24) is 19.7 Å². The molecule has 174 valence electrons. The summed E-state index contributed by atoms with van der Waals surface area (Å²) in [6, 6.07) is 8.52. The lowest BCUT2D eigenvalue weighted by atomic mass is 9.94. The van der Waals surface area contributed by atoms with Crippen LogP contribution in [0.4, 0.5) is 0 Å². The summed E-state index contributed by atoms with van der Waals surface area (Å²) in [5.74, 6) is 2.14. The lowest BCUT2D eigenvalue weighted by Crippen LogP contribution is -2.44. The highest BCUT2D eigenvalue weighted by Crippen LogP contribution is 2.54. The van der Waals surface area contributed by atoms with Gasteiger partial charge in [-0.15, -0.1) is 21.5 Å². The summed E-state index contributed by atoms with van der Waals surface area (Å²) < 4.78 is 7.71. The molecule has 1 aromatic carbocycles. The number of ether oxygens (including phenoxy) is 1. The summed E-state index contributed by atoms with van der Waals surface area (Å²) in [7, 11) is 0. The van der Waals surface area contributed by atoms with Gasteiger partial charge in [0.2, 0.25) is 5.91 Å². The van der Waals surface area contributed by atoms with Crippen LogP contribution in [0.15, 0.2) is 29.3 Å². The van der Waals surface area contributed by atoms with Crippen LogP contribution in [0.2, 0.25) is 0 Å². The number of amides is 1. The van der Waals surface area contributed by atoms with E-state index in [2.05, 4.69) is 46.0 Å². The van der Waals surface area contributed by atoms with Crippen molar-refractivity contribution in [2.75, 3.05) is 26.3 Å². The van der Waals surface area contributed by atoms with E-state index in [9.17, 15) is 4.79 Å². The average molecular weight is 474 g/mol. The first-order chi connectivity index (χ1) is 16.6. The number of carbonyl (C=O) groups excluding carboxylic acids is 1. The lowest BCUT2D eigenvalue weighted by molar-refractivity contribution is -0.139. The van der Waals surface area contributed by atoms with Gasteiger partial charge in [0, 0.05) is 35.0 Å². The van der Waals surface area contributed by atoms with Crippen LogP contribution in [0.5, 0.6) is 0 Å². The number of rotatable bonds is 2. The summed E-state index contributed by atoms with van der Waals surface area (Å²) in [4.78, 5) is 22.1. The van der Waals surface area contributed by atoms with Crippen LogP contribution in [0.3, 0.4) is 0 Å². The maximum atomic E-state index is 13.4. The molecule has 1 amide bonds. The number of aromatic nitrogens is 3. The first-order valence-corrected chi connectivity index (χ1v) is 13.0. The molecule has 0 bridgehead atoms. The number of morpholine rings is 1. The third kappa shape index (κ3) is 2.91. The Morgan fingerprint density at radius 3 is 2.68 bits per heavy atom. The lowest BCUT2D eigenvalue weighted by Gasteiger charge is -2.29. The molecule has 2 aliphatic carbocycles. The van der Waals surface area contributed by atoms with Crippen LogP contribution in [-0.4, -0.2) is 57.6 Å². The molecule has 1 atom stereocenters. The van der Waals surface area contributed by atoms with Gasteiger partial charge in [0.1, 0.15) is 16.4 Å². The van der Waals surface area contributed by atoms with E-state index in [0.29, 0.717) is 26.3 Å². The normalized spacial score (nSPS) is 22.1. The van der Waals surface area contributed by atoms with Crippen molar-refractivity contribution in [2.24, 2.45) is 10.9 Å². The Labute approximate surface area is 202 Å². The molecule has 2 fully saturated rings. The molecule has 2 aromatic heterocycles. The predicted molar refractivity (Wildman–Crippen MR) is 130 cm³/mol. The molecule has 0 N–H and O–H groups in total. The van der Waals surface area contributed by atoms with E-state index in [1.54, 1.807) is 11.3 Å². The zero-order valence-electron chi connectivity index (χ0n) is 19.5. The van der Waals surface area contributed by atoms with Crippen LogP contribution in [-0.2, 0) is 27.9 Å². The van der Waals surface area contributed by atoms with Crippen molar-refractivity contribution in [3.05, 3.63) is 63.0 Å². The second-order valence-electron chi connectivity index (χ2n) is 9.94. The molecule has 2 aliphatic heterocycles. The first kappa shape index (κ1) is 20.5. The summed E-state index contributed by atoms with van der Waals surface area (Å²) in [6.45, 7) is 6.86. The third-order valence-corrected chi connectivity index (χ3v) is 9.00. The maximum Gasteiger partial charge on any atom is 0.226 e. The molecule has 7 rings (SSSR count). The van der Waals surface area contributed by atoms with E-state index in [1.165, 1.54) is 32.1 Å². The second-order valence-corrected chi connectivity index (χ2v) is 11.0. The van der Waals surface area contributed by atoms with Gasteiger partial charge in [-0.1, -0.05) is 24.3 Å². The first-order valence-electron chi connectivity index (χ1n) is 12.2. The molecule has 0 radical (unpaired) electrons. The van der Waals surface area contributed by atoms with E-state index in [4.69, 9.17) is 9.73 Å². The fraction of sp³-hybridized carbons (Fsp3) is 0.462. The Morgan fingerprint density at radius 1 is 1.12 bits per heavy atom. The highest BCUT2D eigenvalue weighted by atomic mass is 32.1. The zero-order valence-corrected chi connectivity index (χ0v) is 20.3. The average Bonchev–Trinajstić information content (AvgIpc) is 3.19. The van der Waals surface area contributed by atoms with Gasteiger partial charge in [-0.3, -0.25) is 14.4 Å². The van der Waals surface area contributed by atoms with Crippen molar-refractivity contribution >= 4 is 23.0 Å². The highest BCUT2D eigenvalue weighted by Gasteiger charge is 2.52. The molecule has 7 nitrogen and oxygen atoms in total. The molecular formula is C26H27N5O2S. The maximum absolute atomic E-state index is 13.4. The quantitative estimate of drug-likeness (QED) is 0.572. The number of hydrogen-bond acceptors (Lipinski definition) is 6. The van der Waals surface area contributed by atoms with Crippen LogP contribution in [0, 0.1) is 19.8 Å². The topological polar surface area (TPSA) is 72.6 Å². The van der Waals surface area contributed by atoms with Crippen LogP contribution in [0.1, 0.15) is 51.6 Å². The number of fused-ring (bicyclic) bond motifs is 6. The zero-order chi connectivity index (χ0) is 23.0. The summed E-state index contributed by atoms with van der Waals surface area (Å²) in [5.41, 5.74) is 5.66. The smallest absolute Gasteiger partial charge is 0.226 e. The summed E-state index contributed by atoms with van der Waals surface area (Å²) in [5, 5.41) is 10.2. The molecular weight excluding hydrogens is 446 g/mol. The molecule has 4 heterocycles. The van der Waals surface area contributed by atoms with Crippen molar-refractivity contribution in [3.63, 3.8) is 0 Å². The molecule has 4 aliphatic rings. The van der Waals surface area contributed by atoms with Crippen LogP contribution < -0.4 is 0 Å². The molecule has 3 aromatic rings. The number of aliphatic imine (C=N–C) groups is 1. The van der Waals surface area contributed by atoms with Gasteiger partial charge in [-0.05, 0) is 50.7 Å². The number of thiophene rings is 1. The van der Waals surface area contributed by atoms with Gasteiger partial charge in [-0.2, -0.15) is 0 Å². The van der Waals surface area contributed by atoms with Gasteiger partial charge in [0.25, 0.3) is 0 Å². The Hall–Kier alpha value is -2.84. The number of nitrogens with zero attached hydrogens (tertiary/aromatic N) is 5. The molecule has 1 saturated carbocycles. The van der Waals surface area contributed by atoms with E-state index < -0.39 is 0 Å². The molecule has 1 saturated heterocycles. The van der Waals surface area contributed by atoms with Gasteiger partial charge in [0.05, 0.1) is 18.9 Å². The fourth-order valence-electron chi connectivity index (χ4n) is 5.75.